The van der Waals surface area contributed by atoms with Gasteiger partial charge in [0.15, 0.2) is 0 Å². The summed E-state index contributed by atoms with van der Waals surface area (Å²) < 4.78 is 1.01. The molecule has 1 aromatic heterocycles. The number of nitrogens with zero attached hydrogens (tertiary/aromatic N) is 1. The van der Waals surface area contributed by atoms with Crippen LogP contribution in [0.15, 0.2) is 15.2 Å². The van der Waals surface area contributed by atoms with Crippen LogP contribution in [0.25, 0.3) is 0 Å². The van der Waals surface area contributed by atoms with E-state index in [4.69, 9.17) is 5.73 Å². The molecule has 106 valence electrons. The predicted molar refractivity (Wildman–Crippen MR) is 84.0 cm³/mol. The minimum Gasteiger partial charge on any atom is -0.338 e. The van der Waals surface area contributed by atoms with Crippen molar-refractivity contribution in [2.75, 3.05) is 13.1 Å². The monoisotopic (exact) mass is 364 g/mol. The molecule has 2 aliphatic rings. The third-order valence-corrected chi connectivity index (χ3v) is 5.76. The summed E-state index contributed by atoms with van der Waals surface area (Å²) in [5.41, 5.74) is 6.99. The Morgan fingerprint density at radius 2 is 2.21 bits per heavy atom. The molecule has 1 aromatic rings. The first-order chi connectivity index (χ1) is 8.65. The Morgan fingerprint density at radius 1 is 1.42 bits per heavy atom. The van der Waals surface area contributed by atoms with E-state index >= 15 is 0 Å². The number of fused-ring (bicyclic) bond motifs is 1. The Kier molecular flexibility index (Phi) is 4.93. The summed E-state index contributed by atoms with van der Waals surface area (Å²) in [5.74, 6) is 1.31. The average Bonchev–Trinajstić information content (AvgIpc) is 2.95. The summed E-state index contributed by atoms with van der Waals surface area (Å²) in [6, 6.07) is 2.20. The van der Waals surface area contributed by atoms with Crippen molar-refractivity contribution in [3.63, 3.8) is 0 Å². The number of hydrogen-bond donors (Lipinski definition) is 1. The van der Waals surface area contributed by atoms with Crippen LogP contribution in [0.3, 0.4) is 0 Å². The van der Waals surface area contributed by atoms with Crippen LogP contribution in [0.1, 0.15) is 29.6 Å². The van der Waals surface area contributed by atoms with Crippen molar-refractivity contribution >= 4 is 45.6 Å². The van der Waals surface area contributed by atoms with E-state index in [1.165, 1.54) is 12.8 Å². The Morgan fingerprint density at radius 3 is 2.84 bits per heavy atom. The second kappa shape index (κ2) is 6.12. The van der Waals surface area contributed by atoms with Gasteiger partial charge in [0.25, 0.3) is 5.91 Å². The number of thiophene rings is 1. The molecule has 3 unspecified atom stereocenters. The first-order valence-corrected chi connectivity index (χ1v) is 8.11. The quantitative estimate of drug-likeness (QED) is 0.831. The van der Waals surface area contributed by atoms with Crippen LogP contribution in [-0.2, 0) is 0 Å². The van der Waals surface area contributed by atoms with E-state index in [1.54, 1.807) is 11.3 Å². The molecule has 2 N–H and O–H groups in total. The van der Waals surface area contributed by atoms with E-state index < -0.39 is 0 Å². The van der Waals surface area contributed by atoms with Gasteiger partial charge in [0.2, 0.25) is 0 Å². The minimum absolute atomic E-state index is 0. The summed E-state index contributed by atoms with van der Waals surface area (Å²) in [6.07, 6.45) is 3.57. The molecule has 1 saturated carbocycles. The van der Waals surface area contributed by atoms with Crippen molar-refractivity contribution in [2.45, 2.75) is 25.3 Å². The molecule has 1 saturated heterocycles. The molecular weight excluding hydrogens is 348 g/mol. The van der Waals surface area contributed by atoms with Crippen LogP contribution in [0.2, 0.25) is 0 Å². The number of halogens is 2. The molecule has 1 amide bonds. The summed E-state index contributed by atoms with van der Waals surface area (Å²) in [6.45, 7) is 1.74. The van der Waals surface area contributed by atoms with E-state index in [2.05, 4.69) is 15.9 Å². The number of rotatable bonds is 1. The van der Waals surface area contributed by atoms with Gasteiger partial charge in [-0.15, -0.1) is 23.7 Å². The molecule has 3 nitrogen and oxygen atoms in total. The zero-order valence-corrected chi connectivity index (χ0v) is 13.8. The molecule has 0 aromatic carbocycles. The summed E-state index contributed by atoms with van der Waals surface area (Å²) in [5, 5.41) is 1.92. The van der Waals surface area contributed by atoms with Gasteiger partial charge in [-0.3, -0.25) is 4.79 Å². The average molecular weight is 366 g/mol. The van der Waals surface area contributed by atoms with Gasteiger partial charge in [-0.1, -0.05) is 6.42 Å². The number of amides is 1. The van der Waals surface area contributed by atoms with E-state index in [-0.39, 0.29) is 24.4 Å². The van der Waals surface area contributed by atoms with Gasteiger partial charge in [-0.2, -0.15) is 0 Å². The number of hydrogen-bond acceptors (Lipinski definition) is 3. The Labute approximate surface area is 132 Å². The normalized spacial score (nSPS) is 29.8. The number of likely N-dealkylation sites (tertiary alicyclic amines) is 1. The lowest BCUT2D eigenvalue weighted by molar-refractivity contribution is 0.0784. The fourth-order valence-electron chi connectivity index (χ4n) is 3.29. The van der Waals surface area contributed by atoms with Gasteiger partial charge in [-0.25, -0.2) is 0 Å². The lowest BCUT2D eigenvalue weighted by Gasteiger charge is -2.29. The summed E-state index contributed by atoms with van der Waals surface area (Å²) >= 11 is 4.97. The standard InChI is InChI=1S/C13H17BrN2OS.ClH/c14-12-4-9(7-18-12)13(17)16-5-8-2-1-3-11(15)10(8)6-16;/h4,7-8,10-11H,1-3,5-6,15H2;1H. The van der Waals surface area contributed by atoms with Crippen LogP contribution in [0.4, 0.5) is 0 Å². The second-order valence-electron chi connectivity index (χ2n) is 5.37. The Hall–Kier alpha value is -0.100. The van der Waals surface area contributed by atoms with E-state index in [0.29, 0.717) is 11.8 Å². The van der Waals surface area contributed by atoms with Gasteiger partial charge >= 0.3 is 0 Å². The van der Waals surface area contributed by atoms with Crippen LogP contribution in [-0.4, -0.2) is 29.9 Å². The zero-order chi connectivity index (χ0) is 12.7. The van der Waals surface area contributed by atoms with Crippen molar-refractivity contribution in [3.8, 4) is 0 Å². The topological polar surface area (TPSA) is 46.3 Å². The van der Waals surface area contributed by atoms with Gasteiger partial charge in [0.1, 0.15) is 0 Å². The summed E-state index contributed by atoms with van der Waals surface area (Å²) in [4.78, 5) is 14.4. The molecule has 0 radical (unpaired) electrons. The lowest BCUT2D eigenvalue weighted by atomic mass is 9.78. The minimum atomic E-state index is 0. The van der Waals surface area contributed by atoms with E-state index in [1.807, 2.05) is 16.3 Å². The maximum atomic E-state index is 12.4. The molecular formula is C13H18BrClN2OS. The molecule has 1 aliphatic carbocycles. The molecule has 19 heavy (non-hydrogen) atoms. The highest BCUT2D eigenvalue weighted by Gasteiger charge is 2.40. The van der Waals surface area contributed by atoms with Crippen LogP contribution >= 0.6 is 39.7 Å². The summed E-state index contributed by atoms with van der Waals surface area (Å²) in [7, 11) is 0. The number of nitrogens with two attached hydrogens (primary N) is 1. The number of carbonyl (C=O) groups is 1. The van der Waals surface area contributed by atoms with Gasteiger partial charge in [0, 0.05) is 24.5 Å². The van der Waals surface area contributed by atoms with Crippen molar-refractivity contribution in [2.24, 2.45) is 17.6 Å². The van der Waals surface area contributed by atoms with E-state index in [0.717, 1.165) is 28.9 Å². The highest BCUT2D eigenvalue weighted by Crippen LogP contribution is 2.36. The Balaban J connectivity index is 0.00000133. The fraction of sp³-hybridized carbons (Fsp3) is 0.615. The molecule has 0 spiro atoms. The maximum absolute atomic E-state index is 12.4. The smallest absolute Gasteiger partial charge is 0.254 e. The third kappa shape index (κ3) is 2.99. The van der Waals surface area contributed by atoms with E-state index in [9.17, 15) is 4.79 Å². The van der Waals surface area contributed by atoms with Gasteiger partial charge < -0.3 is 10.6 Å². The second-order valence-corrected chi connectivity index (χ2v) is 7.66. The Bertz CT molecular complexity index is 467. The molecule has 0 bridgehead atoms. The number of carbonyl (C=O) groups excluding carboxylic acids is 1. The van der Waals surface area contributed by atoms with Gasteiger partial charge in [-0.05, 0) is 46.7 Å². The highest BCUT2D eigenvalue weighted by atomic mass is 79.9. The van der Waals surface area contributed by atoms with Crippen LogP contribution in [0, 0.1) is 11.8 Å². The largest absolute Gasteiger partial charge is 0.338 e. The van der Waals surface area contributed by atoms with Crippen molar-refractivity contribution in [3.05, 3.63) is 20.8 Å². The predicted octanol–water partition coefficient (Wildman–Crippen LogP) is 3.13. The lowest BCUT2D eigenvalue weighted by Crippen LogP contribution is -2.38. The maximum Gasteiger partial charge on any atom is 0.254 e. The third-order valence-electron chi connectivity index (χ3n) is 4.26. The van der Waals surface area contributed by atoms with Gasteiger partial charge in [0.05, 0.1) is 9.35 Å². The molecule has 6 heteroatoms. The molecule has 2 heterocycles. The SMILES string of the molecule is Cl.NC1CCCC2CN(C(=O)c3csc(Br)c3)CC12. The molecule has 3 rings (SSSR count). The molecule has 3 atom stereocenters. The molecule has 1 aliphatic heterocycles. The zero-order valence-electron chi connectivity index (χ0n) is 10.5. The van der Waals surface area contributed by atoms with Crippen molar-refractivity contribution in [1.82, 2.24) is 4.90 Å². The van der Waals surface area contributed by atoms with Crippen molar-refractivity contribution < 1.29 is 4.79 Å². The first kappa shape index (κ1) is 15.3. The molecule has 2 fully saturated rings. The van der Waals surface area contributed by atoms with Crippen LogP contribution < -0.4 is 5.73 Å². The first-order valence-electron chi connectivity index (χ1n) is 6.44. The van der Waals surface area contributed by atoms with Crippen molar-refractivity contribution in [1.29, 1.82) is 0 Å². The fourth-order valence-corrected chi connectivity index (χ4v) is 4.42. The highest BCUT2D eigenvalue weighted by molar-refractivity contribution is 9.11. The van der Waals surface area contributed by atoms with Crippen LogP contribution in [0.5, 0.6) is 0 Å².